The zero-order valence-corrected chi connectivity index (χ0v) is 11.2. The molecule has 1 fully saturated rings. The van der Waals surface area contributed by atoms with Crippen LogP contribution in [0.2, 0.25) is 0 Å². The van der Waals surface area contributed by atoms with Crippen LogP contribution >= 0.6 is 0 Å². The van der Waals surface area contributed by atoms with Crippen molar-refractivity contribution in [3.05, 3.63) is 29.6 Å². The molecule has 1 aromatic carbocycles. The van der Waals surface area contributed by atoms with Gasteiger partial charge in [0.2, 0.25) is 0 Å². The average Bonchev–Trinajstić information content (AvgIpc) is 2.41. The Bertz CT molecular complexity index is 530. The summed E-state index contributed by atoms with van der Waals surface area (Å²) in [4.78, 5) is 13.4. The predicted molar refractivity (Wildman–Crippen MR) is 67.6 cm³/mol. The lowest BCUT2D eigenvalue weighted by molar-refractivity contribution is -0.186. The summed E-state index contributed by atoms with van der Waals surface area (Å²) >= 11 is 0. The van der Waals surface area contributed by atoms with Crippen LogP contribution in [0.25, 0.3) is 0 Å². The summed E-state index contributed by atoms with van der Waals surface area (Å²) in [5, 5.41) is 9.53. The number of aromatic hydroxyl groups is 1. The Kier molecular flexibility index (Phi) is 4.51. The number of phenolic OH excluding ortho intramolecular Hbond substituents is 1. The molecule has 1 aromatic rings. The first kappa shape index (κ1) is 15.8. The number of alkyl halides is 3. The molecule has 21 heavy (non-hydrogen) atoms. The van der Waals surface area contributed by atoms with Gasteiger partial charge in [-0.15, -0.1) is 0 Å². The van der Waals surface area contributed by atoms with Gasteiger partial charge in [-0.25, -0.2) is 4.39 Å². The van der Waals surface area contributed by atoms with E-state index in [2.05, 4.69) is 0 Å². The topological polar surface area (TPSA) is 40.5 Å². The normalized spacial score (nSPS) is 20.5. The maximum absolute atomic E-state index is 13.1. The molecular weight excluding hydrogens is 290 g/mol. The number of rotatable bonds is 3. The summed E-state index contributed by atoms with van der Waals surface area (Å²) in [5.74, 6) is -3.08. The standard InChI is InChI=1S/C14H15F4NO2/c15-10-3-4-12(20)11(6-10)13(21)8-19-5-1-2-9(7-19)14(16,17)18/h3-4,6,9,20H,1-2,5,7-8H2. The van der Waals surface area contributed by atoms with Crippen molar-refractivity contribution >= 4 is 5.78 Å². The highest BCUT2D eigenvalue weighted by Crippen LogP contribution is 2.33. The number of carbonyl (C=O) groups is 1. The molecule has 0 radical (unpaired) electrons. The number of phenols is 1. The Hall–Kier alpha value is -1.63. The zero-order chi connectivity index (χ0) is 15.6. The Morgan fingerprint density at radius 2 is 2.10 bits per heavy atom. The Morgan fingerprint density at radius 1 is 1.38 bits per heavy atom. The minimum absolute atomic E-state index is 0.0550. The Balaban J connectivity index is 2.04. The summed E-state index contributed by atoms with van der Waals surface area (Å²) < 4.78 is 51.2. The fraction of sp³-hybridized carbons (Fsp3) is 0.500. The maximum atomic E-state index is 13.1. The number of likely N-dealkylation sites (tertiary alicyclic amines) is 1. The number of halogens is 4. The highest BCUT2D eigenvalue weighted by Gasteiger charge is 2.41. The first-order valence-electron chi connectivity index (χ1n) is 6.58. The minimum atomic E-state index is -4.28. The lowest BCUT2D eigenvalue weighted by atomic mass is 9.97. The number of hydrogen-bond acceptors (Lipinski definition) is 3. The van der Waals surface area contributed by atoms with Crippen molar-refractivity contribution in [1.29, 1.82) is 0 Å². The molecule has 1 N–H and O–H groups in total. The van der Waals surface area contributed by atoms with Gasteiger partial charge in [0.1, 0.15) is 11.6 Å². The molecule has 2 rings (SSSR count). The number of carbonyl (C=O) groups excluding carboxylic acids is 1. The average molecular weight is 305 g/mol. The summed E-state index contributed by atoms with van der Waals surface area (Å²) in [6.07, 6.45) is -3.87. The lowest BCUT2D eigenvalue weighted by Gasteiger charge is -2.33. The Morgan fingerprint density at radius 3 is 2.76 bits per heavy atom. The van der Waals surface area contributed by atoms with Gasteiger partial charge < -0.3 is 5.11 Å². The van der Waals surface area contributed by atoms with E-state index in [9.17, 15) is 27.5 Å². The van der Waals surface area contributed by atoms with Gasteiger partial charge >= 0.3 is 6.18 Å². The van der Waals surface area contributed by atoms with Crippen LogP contribution in [-0.4, -0.2) is 41.6 Å². The van der Waals surface area contributed by atoms with Gasteiger partial charge in [-0.3, -0.25) is 9.69 Å². The van der Waals surface area contributed by atoms with E-state index in [4.69, 9.17) is 0 Å². The van der Waals surface area contributed by atoms with Crippen molar-refractivity contribution in [2.75, 3.05) is 19.6 Å². The van der Waals surface area contributed by atoms with Gasteiger partial charge in [-0.05, 0) is 37.6 Å². The molecule has 1 unspecified atom stereocenters. The molecule has 0 amide bonds. The number of benzene rings is 1. The summed E-state index contributed by atoms with van der Waals surface area (Å²) in [6, 6.07) is 2.95. The lowest BCUT2D eigenvalue weighted by Crippen LogP contribution is -2.43. The fourth-order valence-electron chi connectivity index (χ4n) is 2.49. The van der Waals surface area contributed by atoms with Crippen LogP contribution in [-0.2, 0) is 0 Å². The van der Waals surface area contributed by atoms with E-state index in [1.807, 2.05) is 0 Å². The number of ketones is 1. The number of nitrogens with zero attached hydrogens (tertiary/aromatic N) is 1. The van der Waals surface area contributed by atoms with E-state index < -0.39 is 23.7 Å². The molecular formula is C14H15F4NO2. The third kappa shape index (κ3) is 3.93. The van der Waals surface area contributed by atoms with Crippen molar-refractivity contribution < 1.29 is 27.5 Å². The van der Waals surface area contributed by atoms with Gasteiger partial charge in [0.05, 0.1) is 18.0 Å². The van der Waals surface area contributed by atoms with Crippen LogP contribution in [0.4, 0.5) is 17.6 Å². The second-order valence-electron chi connectivity index (χ2n) is 5.20. The minimum Gasteiger partial charge on any atom is -0.507 e. The first-order valence-corrected chi connectivity index (χ1v) is 6.58. The fourth-order valence-corrected chi connectivity index (χ4v) is 2.49. The van der Waals surface area contributed by atoms with E-state index in [0.717, 1.165) is 18.2 Å². The van der Waals surface area contributed by atoms with Crippen LogP contribution in [0.15, 0.2) is 18.2 Å². The molecule has 0 bridgehead atoms. The van der Waals surface area contributed by atoms with Crippen LogP contribution in [0.5, 0.6) is 5.75 Å². The molecule has 3 nitrogen and oxygen atoms in total. The van der Waals surface area contributed by atoms with Crippen LogP contribution < -0.4 is 0 Å². The van der Waals surface area contributed by atoms with Crippen molar-refractivity contribution in [2.45, 2.75) is 19.0 Å². The molecule has 1 aliphatic heterocycles. The summed E-state index contributed by atoms with van der Waals surface area (Å²) in [6.45, 7) is -0.122. The van der Waals surface area contributed by atoms with Crippen molar-refractivity contribution in [2.24, 2.45) is 5.92 Å². The molecule has 1 aliphatic rings. The van der Waals surface area contributed by atoms with E-state index in [-0.39, 0.29) is 30.8 Å². The molecule has 1 heterocycles. The SMILES string of the molecule is O=C(CN1CCCC(C(F)(F)F)C1)c1cc(F)ccc1O. The van der Waals surface area contributed by atoms with Gasteiger partial charge in [0.25, 0.3) is 0 Å². The van der Waals surface area contributed by atoms with Gasteiger partial charge in [0.15, 0.2) is 5.78 Å². The second kappa shape index (κ2) is 6.01. The Labute approximate surface area is 119 Å². The molecule has 0 spiro atoms. The van der Waals surface area contributed by atoms with Crippen molar-refractivity contribution in [1.82, 2.24) is 4.90 Å². The zero-order valence-electron chi connectivity index (χ0n) is 11.2. The third-order valence-electron chi connectivity index (χ3n) is 3.59. The van der Waals surface area contributed by atoms with Gasteiger partial charge in [0, 0.05) is 6.54 Å². The molecule has 116 valence electrons. The molecule has 1 atom stereocenters. The van der Waals surface area contributed by atoms with Crippen LogP contribution in [0.1, 0.15) is 23.2 Å². The molecule has 1 saturated heterocycles. The highest BCUT2D eigenvalue weighted by molar-refractivity contribution is 6.00. The predicted octanol–water partition coefficient (Wildman–Crippen LogP) is 2.99. The molecule has 0 aliphatic carbocycles. The van der Waals surface area contributed by atoms with Crippen molar-refractivity contribution in [3.8, 4) is 5.75 Å². The number of piperidine rings is 1. The molecule has 0 saturated carbocycles. The third-order valence-corrected chi connectivity index (χ3v) is 3.59. The van der Waals surface area contributed by atoms with Crippen LogP contribution in [0.3, 0.4) is 0 Å². The largest absolute Gasteiger partial charge is 0.507 e. The van der Waals surface area contributed by atoms with E-state index in [1.165, 1.54) is 4.90 Å². The van der Waals surface area contributed by atoms with E-state index in [0.29, 0.717) is 13.0 Å². The first-order chi connectivity index (χ1) is 9.77. The maximum Gasteiger partial charge on any atom is 0.393 e. The monoisotopic (exact) mass is 305 g/mol. The smallest absolute Gasteiger partial charge is 0.393 e. The number of Topliss-reactive ketones (excluding diaryl/α,β-unsaturated/α-hetero) is 1. The van der Waals surface area contributed by atoms with Gasteiger partial charge in [-0.2, -0.15) is 13.2 Å². The number of hydrogen-bond donors (Lipinski definition) is 1. The van der Waals surface area contributed by atoms with Crippen molar-refractivity contribution in [3.63, 3.8) is 0 Å². The summed E-state index contributed by atoms with van der Waals surface area (Å²) in [7, 11) is 0. The van der Waals surface area contributed by atoms with E-state index >= 15 is 0 Å². The van der Waals surface area contributed by atoms with E-state index in [1.54, 1.807) is 0 Å². The van der Waals surface area contributed by atoms with Crippen LogP contribution in [0, 0.1) is 11.7 Å². The quantitative estimate of drug-likeness (QED) is 0.689. The molecule has 7 heteroatoms. The molecule has 0 aromatic heterocycles. The second-order valence-corrected chi connectivity index (χ2v) is 5.20. The van der Waals surface area contributed by atoms with Gasteiger partial charge in [-0.1, -0.05) is 0 Å². The highest BCUT2D eigenvalue weighted by atomic mass is 19.4. The summed E-state index contributed by atoms with van der Waals surface area (Å²) in [5.41, 5.74) is -0.205.